The van der Waals surface area contributed by atoms with Crippen LogP contribution in [0.15, 0.2) is 67.0 Å². The van der Waals surface area contributed by atoms with Gasteiger partial charge in [-0.05, 0) is 31.4 Å². The number of rotatable bonds is 7. The zero-order chi connectivity index (χ0) is 19.9. The van der Waals surface area contributed by atoms with Gasteiger partial charge in [-0.15, -0.1) is 0 Å². The molecule has 3 aromatic rings. The summed E-state index contributed by atoms with van der Waals surface area (Å²) in [6.45, 7) is 1.96. The molecule has 2 N–H and O–H groups in total. The van der Waals surface area contributed by atoms with Crippen LogP contribution >= 0.6 is 0 Å². The summed E-state index contributed by atoms with van der Waals surface area (Å²) < 4.78 is 16.1. The van der Waals surface area contributed by atoms with Gasteiger partial charge in [-0.25, -0.2) is 14.2 Å². The van der Waals surface area contributed by atoms with Crippen molar-refractivity contribution in [3.8, 4) is 0 Å². The molecule has 0 bridgehead atoms. The quantitative estimate of drug-likeness (QED) is 0.652. The van der Waals surface area contributed by atoms with Crippen LogP contribution < -0.4 is 10.6 Å². The van der Waals surface area contributed by atoms with Crippen molar-refractivity contribution in [2.24, 2.45) is 7.05 Å². The number of amides is 2. The number of carbonyl (C=O) groups excluding carboxylic acids is 1. The van der Waals surface area contributed by atoms with Crippen molar-refractivity contribution < 1.29 is 9.18 Å². The van der Waals surface area contributed by atoms with E-state index in [9.17, 15) is 9.18 Å². The lowest BCUT2D eigenvalue weighted by Gasteiger charge is -2.22. The summed E-state index contributed by atoms with van der Waals surface area (Å²) in [4.78, 5) is 16.9. The molecule has 146 valence electrons. The highest BCUT2D eigenvalue weighted by Crippen LogP contribution is 2.23. The molecule has 0 aliphatic rings. The van der Waals surface area contributed by atoms with Crippen LogP contribution in [0, 0.1) is 5.82 Å². The Morgan fingerprint density at radius 2 is 1.82 bits per heavy atom. The first-order chi connectivity index (χ1) is 13.5. The predicted octanol–water partition coefficient (Wildman–Crippen LogP) is 3.97. The van der Waals surface area contributed by atoms with Gasteiger partial charge in [0.1, 0.15) is 17.7 Å². The second-order valence-electron chi connectivity index (χ2n) is 6.89. The Balaban J connectivity index is 1.66. The molecule has 5 nitrogen and oxygen atoms in total. The number of hydrogen-bond acceptors (Lipinski definition) is 2. The molecular formula is C22H25FN4O. The van der Waals surface area contributed by atoms with Gasteiger partial charge in [0.05, 0.1) is 0 Å². The summed E-state index contributed by atoms with van der Waals surface area (Å²) in [5.41, 5.74) is 1.61. The van der Waals surface area contributed by atoms with Crippen molar-refractivity contribution in [2.75, 3.05) is 0 Å². The minimum absolute atomic E-state index is 0.0251. The van der Waals surface area contributed by atoms with Crippen LogP contribution in [0.25, 0.3) is 0 Å². The first-order valence-corrected chi connectivity index (χ1v) is 9.37. The molecule has 2 atom stereocenters. The molecule has 0 radical (unpaired) electrons. The van der Waals surface area contributed by atoms with Gasteiger partial charge in [-0.1, -0.05) is 48.5 Å². The fourth-order valence-corrected chi connectivity index (χ4v) is 3.14. The molecule has 0 unspecified atom stereocenters. The normalized spacial score (nSPS) is 13.0. The van der Waals surface area contributed by atoms with Crippen LogP contribution in [0.2, 0.25) is 0 Å². The lowest BCUT2D eigenvalue weighted by Crippen LogP contribution is -2.43. The highest BCUT2D eigenvalue weighted by atomic mass is 19.1. The van der Waals surface area contributed by atoms with Crippen LogP contribution in [0.3, 0.4) is 0 Å². The summed E-state index contributed by atoms with van der Waals surface area (Å²) in [7, 11) is 1.82. The minimum Gasteiger partial charge on any atom is -0.336 e. The van der Waals surface area contributed by atoms with Crippen LogP contribution in [-0.4, -0.2) is 21.6 Å². The SMILES string of the molecule is C[C@@H](CCc1ccccc1)NC(=O)N[C@H](c1ccccc1F)c1nccn1C. The molecule has 0 aliphatic carbocycles. The van der Waals surface area contributed by atoms with E-state index in [-0.39, 0.29) is 17.9 Å². The Hall–Kier alpha value is -3.15. The van der Waals surface area contributed by atoms with Gasteiger partial charge in [-0.2, -0.15) is 0 Å². The van der Waals surface area contributed by atoms with Gasteiger partial charge in [0.15, 0.2) is 0 Å². The number of imidazole rings is 1. The first-order valence-electron chi connectivity index (χ1n) is 9.37. The van der Waals surface area contributed by atoms with Crippen molar-refractivity contribution in [3.05, 3.63) is 89.8 Å². The second kappa shape index (κ2) is 9.17. The fraction of sp³-hybridized carbons (Fsp3) is 0.273. The third-order valence-corrected chi connectivity index (χ3v) is 4.69. The van der Waals surface area contributed by atoms with Gasteiger partial charge in [0.25, 0.3) is 0 Å². The fourth-order valence-electron chi connectivity index (χ4n) is 3.14. The van der Waals surface area contributed by atoms with E-state index < -0.39 is 6.04 Å². The number of aromatic nitrogens is 2. The predicted molar refractivity (Wildman–Crippen MR) is 107 cm³/mol. The summed E-state index contributed by atoms with van der Waals surface area (Å²) in [6, 6.07) is 15.5. The van der Waals surface area contributed by atoms with Crippen molar-refractivity contribution in [1.29, 1.82) is 0 Å². The molecule has 0 saturated carbocycles. The summed E-state index contributed by atoms with van der Waals surface area (Å²) in [5.74, 6) is 0.185. The van der Waals surface area contributed by atoms with Crippen molar-refractivity contribution in [1.82, 2.24) is 20.2 Å². The van der Waals surface area contributed by atoms with Crippen LogP contribution in [0.4, 0.5) is 9.18 Å². The van der Waals surface area contributed by atoms with Crippen molar-refractivity contribution >= 4 is 6.03 Å². The average molecular weight is 380 g/mol. The Morgan fingerprint density at radius 1 is 1.11 bits per heavy atom. The summed E-state index contributed by atoms with van der Waals surface area (Å²) in [5, 5.41) is 5.81. The van der Waals surface area contributed by atoms with E-state index in [1.807, 2.05) is 32.2 Å². The number of carbonyl (C=O) groups is 1. The minimum atomic E-state index is -0.678. The van der Waals surface area contributed by atoms with Gasteiger partial charge in [-0.3, -0.25) is 0 Å². The first kappa shape index (κ1) is 19.6. The number of hydrogen-bond donors (Lipinski definition) is 2. The van der Waals surface area contributed by atoms with Gasteiger partial charge >= 0.3 is 6.03 Å². The number of nitrogens with one attached hydrogen (secondary N) is 2. The van der Waals surface area contributed by atoms with Gasteiger partial charge < -0.3 is 15.2 Å². The molecule has 28 heavy (non-hydrogen) atoms. The molecule has 2 amide bonds. The van der Waals surface area contributed by atoms with E-state index in [2.05, 4.69) is 27.8 Å². The molecule has 2 aromatic carbocycles. The van der Waals surface area contributed by atoms with E-state index >= 15 is 0 Å². The molecule has 3 rings (SSSR count). The highest BCUT2D eigenvalue weighted by molar-refractivity contribution is 5.75. The van der Waals surface area contributed by atoms with Gasteiger partial charge in [0, 0.05) is 31.0 Å². The molecule has 1 heterocycles. The maximum absolute atomic E-state index is 14.4. The lowest BCUT2D eigenvalue weighted by molar-refractivity contribution is 0.234. The Bertz CT molecular complexity index is 910. The molecule has 0 fully saturated rings. The molecular weight excluding hydrogens is 355 g/mol. The smallest absolute Gasteiger partial charge is 0.315 e. The van der Waals surface area contributed by atoms with E-state index in [0.717, 1.165) is 12.8 Å². The second-order valence-corrected chi connectivity index (χ2v) is 6.89. The van der Waals surface area contributed by atoms with Crippen molar-refractivity contribution in [2.45, 2.75) is 31.8 Å². The van der Waals surface area contributed by atoms with E-state index in [4.69, 9.17) is 0 Å². The van der Waals surface area contributed by atoms with E-state index in [1.165, 1.54) is 11.6 Å². The van der Waals surface area contributed by atoms with Crippen LogP contribution in [-0.2, 0) is 13.5 Å². The standard InChI is InChI=1S/C22H25FN4O/c1-16(12-13-17-8-4-3-5-9-17)25-22(28)26-20(21-24-14-15-27(21)2)18-10-6-7-11-19(18)23/h3-11,14-16,20H,12-13H2,1-2H3,(H2,25,26,28)/t16-,20+/m0/s1. The zero-order valence-electron chi connectivity index (χ0n) is 16.1. The third-order valence-electron chi connectivity index (χ3n) is 4.69. The number of benzene rings is 2. The average Bonchev–Trinajstić information content (AvgIpc) is 3.12. The largest absolute Gasteiger partial charge is 0.336 e. The topological polar surface area (TPSA) is 59.0 Å². The lowest BCUT2D eigenvalue weighted by atomic mass is 10.1. The summed E-state index contributed by atoms with van der Waals surface area (Å²) in [6.07, 6.45) is 5.08. The van der Waals surface area contributed by atoms with Crippen LogP contribution in [0.5, 0.6) is 0 Å². The number of urea groups is 1. The number of halogens is 1. The molecule has 0 saturated heterocycles. The molecule has 1 aromatic heterocycles. The molecule has 6 heteroatoms. The zero-order valence-corrected chi connectivity index (χ0v) is 16.1. The van der Waals surface area contributed by atoms with E-state index in [0.29, 0.717) is 11.4 Å². The Morgan fingerprint density at radius 3 is 2.50 bits per heavy atom. The number of nitrogens with zero attached hydrogens (tertiary/aromatic N) is 2. The number of aryl methyl sites for hydroxylation is 2. The third kappa shape index (κ3) is 4.97. The summed E-state index contributed by atoms with van der Waals surface area (Å²) >= 11 is 0. The van der Waals surface area contributed by atoms with Crippen LogP contribution in [0.1, 0.15) is 36.3 Å². The monoisotopic (exact) mass is 380 g/mol. The highest BCUT2D eigenvalue weighted by Gasteiger charge is 2.23. The molecule has 0 spiro atoms. The molecule has 0 aliphatic heterocycles. The Kier molecular flexibility index (Phi) is 6.42. The maximum Gasteiger partial charge on any atom is 0.315 e. The van der Waals surface area contributed by atoms with Gasteiger partial charge in [0.2, 0.25) is 0 Å². The maximum atomic E-state index is 14.4. The van der Waals surface area contributed by atoms with Crippen molar-refractivity contribution in [3.63, 3.8) is 0 Å². The van der Waals surface area contributed by atoms with E-state index in [1.54, 1.807) is 35.2 Å². The Labute approximate surface area is 164 Å².